The molecule has 1 N–H and O–H groups in total. The van der Waals surface area contributed by atoms with Crippen molar-refractivity contribution in [3.8, 4) is 6.07 Å². The molecule has 78 valence electrons. The van der Waals surface area contributed by atoms with E-state index in [1.165, 1.54) is 23.9 Å². The van der Waals surface area contributed by atoms with Crippen LogP contribution in [0.3, 0.4) is 0 Å². The van der Waals surface area contributed by atoms with Gasteiger partial charge in [-0.2, -0.15) is 5.26 Å². The smallest absolute Gasteiger partial charge is 0.354 e. The van der Waals surface area contributed by atoms with Crippen molar-refractivity contribution in [2.75, 3.05) is 0 Å². The van der Waals surface area contributed by atoms with Crippen molar-refractivity contribution in [2.24, 2.45) is 0 Å². The van der Waals surface area contributed by atoms with Crippen LogP contribution in [0.1, 0.15) is 29.9 Å². The first-order chi connectivity index (χ1) is 7.04. The summed E-state index contributed by atoms with van der Waals surface area (Å²) in [4.78, 5) is 14.6. The SMILES string of the molecule is CC(C)Sc1nc(C(=O)O)ccc1C#N. The Labute approximate surface area is 91.9 Å². The van der Waals surface area contributed by atoms with E-state index in [2.05, 4.69) is 4.98 Å². The Hall–Kier alpha value is -1.54. The summed E-state index contributed by atoms with van der Waals surface area (Å²) >= 11 is 1.38. The second-order valence-electron chi connectivity index (χ2n) is 3.13. The average Bonchev–Trinajstić information content (AvgIpc) is 2.16. The van der Waals surface area contributed by atoms with Crippen molar-refractivity contribution in [2.45, 2.75) is 24.1 Å². The number of carbonyl (C=O) groups is 1. The number of rotatable bonds is 3. The summed E-state index contributed by atoms with van der Waals surface area (Å²) in [6.07, 6.45) is 0. The van der Waals surface area contributed by atoms with Crippen LogP contribution in [0.2, 0.25) is 0 Å². The second-order valence-corrected chi connectivity index (χ2v) is 4.70. The topological polar surface area (TPSA) is 74.0 Å². The quantitative estimate of drug-likeness (QED) is 0.793. The third-order valence-corrected chi connectivity index (χ3v) is 2.55. The van der Waals surface area contributed by atoms with E-state index in [4.69, 9.17) is 10.4 Å². The molecule has 15 heavy (non-hydrogen) atoms. The molecule has 0 saturated carbocycles. The summed E-state index contributed by atoms with van der Waals surface area (Å²) in [6, 6.07) is 4.82. The Morgan fingerprint density at radius 3 is 2.73 bits per heavy atom. The van der Waals surface area contributed by atoms with Crippen molar-refractivity contribution >= 4 is 17.7 Å². The molecule has 0 aromatic carbocycles. The fourth-order valence-corrected chi connectivity index (χ4v) is 1.80. The lowest BCUT2D eigenvalue weighted by Gasteiger charge is -2.06. The van der Waals surface area contributed by atoms with Crippen molar-refractivity contribution in [1.29, 1.82) is 5.26 Å². The highest BCUT2D eigenvalue weighted by atomic mass is 32.2. The van der Waals surface area contributed by atoms with Gasteiger partial charge in [-0.15, -0.1) is 11.8 Å². The fraction of sp³-hybridized carbons (Fsp3) is 0.300. The molecular weight excluding hydrogens is 212 g/mol. The summed E-state index contributed by atoms with van der Waals surface area (Å²) in [5.41, 5.74) is 0.385. The van der Waals surface area contributed by atoms with E-state index >= 15 is 0 Å². The Balaban J connectivity index is 3.14. The van der Waals surface area contributed by atoms with Crippen molar-refractivity contribution in [3.05, 3.63) is 23.4 Å². The van der Waals surface area contributed by atoms with Gasteiger partial charge in [0.1, 0.15) is 16.8 Å². The van der Waals surface area contributed by atoms with Gasteiger partial charge in [-0.3, -0.25) is 0 Å². The Bertz CT molecular complexity index is 424. The van der Waals surface area contributed by atoms with Gasteiger partial charge >= 0.3 is 5.97 Å². The maximum absolute atomic E-state index is 10.7. The van der Waals surface area contributed by atoms with E-state index in [9.17, 15) is 4.79 Å². The number of carboxylic acids is 1. The number of hydrogen-bond acceptors (Lipinski definition) is 4. The normalized spacial score (nSPS) is 10.0. The summed E-state index contributed by atoms with van der Waals surface area (Å²) < 4.78 is 0. The highest BCUT2D eigenvalue weighted by Crippen LogP contribution is 2.24. The molecule has 0 aliphatic rings. The van der Waals surface area contributed by atoms with Gasteiger partial charge in [-0.1, -0.05) is 13.8 Å². The van der Waals surface area contributed by atoms with Crippen LogP contribution < -0.4 is 0 Å². The molecule has 0 atom stereocenters. The first kappa shape index (κ1) is 11.5. The van der Waals surface area contributed by atoms with E-state index in [1.807, 2.05) is 19.9 Å². The molecule has 1 heterocycles. The Morgan fingerprint density at radius 1 is 1.60 bits per heavy atom. The summed E-state index contributed by atoms with van der Waals surface area (Å²) in [5.74, 6) is -1.08. The van der Waals surface area contributed by atoms with Crippen LogP contribution in [0, 0.1) is 11.3 Å². The maximum Gasteiger partial charge on any atom is 0.354 e. The van der Waals surface area contributed by atoms with E-state index in [1.54, 1.807) is 0 Å². The van der Waals surface area contributed by atoms with Gasteiger partial charge in [0.2, 0.25) is 0 Å². The van der Waals surface area contributed by atoms with Gasteiger partial charge in [0.15, 0.2) is 0 Å². The molecule has 0 fully saturated rings. The lowest BCUT2D eigenvalue weighted by Crippen LogP contribution is -2.03. The summed E-state index contributed by atoms with van der Waals surface area (Å²) in [7, 11) is 0. The van der Waals surface area contributed by atoms with Gasteiger partial charge in [0, 0.05) is 5.25 Å². The zero-order valence-corrected chi connectivity index (χ0v) is 9.21. The van der Waals surface area contributed by atoms with Gasteiger partial charge in [-0.25, -0.2) is 9.78 Å². The molecule has 1 rings (SSSR count). The maximum atomic E-state index is 10.7. The molecule has 0 aliphatic heterocycles. The lowest BCUT2D eigenvalue weighted by molar-refractivity contribution is 0.0689. The number of hydrogen-bond donors (Lipinski definition) is 1. The number of pyridine rings is 1. The third-order valence-electron chi connectivity index (χ3n) is 1.55. The number of aromatic nitrogens is 1. The number of nitriles is 1. The second kappa shape index (κ2) is 4.80. The monoisotopic (exact) mass is 222 g/mol. The first-order valence-electron chi connectivity index (χ1n) is 4.35. The standard InChI is InChI=1S/C10H10N2O2S/c1-6(2)15-9-7(5-11)3-4-8(12-9)10(13)14/h3-4,6H,1-2H3,(H,13,14). The largest absolute Gasteiger partial charge is 0.477 e. The van der Waals surface area contributed by atoms with Crippen LogP contribution in [-0.4, -0.2) is 21.3 Å². The zero-order valence-electron chi connectivity index (χ0n) is 8.39. The van der Waals surface area contributed by atoms with Crippen LogP contribution in [0.4, 0.5) is 0 Å². The third kappa shape index (κ3) is 2.96. The Kier molecular flexibility index (Phi) is 3.69. The van der Waals surface area contributed by atoms with Crippen molar-refractivity contribution < 1.29 is 9.90 Å². The van der Waals surface area contributed by atoms with Gasteiger partial charge in [0.25, 0.3) is 0 Å². The highest BCUT2D eigenvalue weighted by Gasteiger charge is 2.11. The first-order valence-corrected chi connectivity index (χ1v) is 5.23. The molecule has 0 bridgehead atoms. The predicted octanol–water partition coefficient (Wildman–Crippen LogP) is 2.15. The summed E-state index contributed by atoms with van der Waals surface area (Å²) in [6.45, 7) is 3.92. The van der Waals surface area contributed by atoms with Gasteiger partial charge in [-0.05, 0) is 12.1 Å². The highest BCUT2D eigenvalue weighted by molar-refractivity contribution is 7.99. The lowest BCUT2D eigenvalue weighted by atomic mass is 10.3. The van der Waals surface area contributed by atoms with Gasteiger partial charge < -0.3 is 5.11 Å². The molecule has 0 unspecified atom stereocenters. The van der Waals surface area contributed by atoms with Crippen LogP contribution in [-0.2, 0) is 0 Å². The number of carboxylic acid groups (broad SMARTS) is 1. The number of nitrogens with zero attached hydrogens (tertiary/aromatic N) is 2. The fourth-order valence-electron chi connectivity index (χ4n) is 0.958. The summed E-state index contributed by atoms with van der Waals surface area (Å²) in [5, 5.41) is 18.3. The molecule has 1 aromatic heterocycles. The average molecular weight is 222 g/mol. The van der Waals surface area contributed by atoms with Crippen LogP contribution in [0.5, 0.6) is 0 Å². The molecule has 0 radical (unpaired) electrons. The van der Waals surface area contributed by atoms with Crippen molar-refractivity contribution in [3.63, 3.8) is 0 Å². The Morgan fingerprint density at radius 2 is 2.27 bits per heavy atom. The number of aromatic carboxylic acids is 1. The minimum Gasteiger partial charge on any atom is -0.477 e. The molecule has 5 heteroatoms. The van der Waals surface area contributed by atoms with Crippen LogP contribution >= 0.6 is 11.8 Å². The minimum absolute atomic E-state index is 0.0304. The van der Waals surface area contributed by atoms with E-state index < -0.39 is 5.97 Å². The molecule has 0 saturated heterocycles. The molecule has 4 nitrogen and oxygen atoms in total. The zero-order chi connectivity index (χ0) is 11.4. The molecule has 0 aliphatic carbocycles. The molecule has 0 amide bonds. The van der Waals surface area contributed by atoms with E-state index in [-0.39, 0.29) is 10.9 Å². The van der Waals surface area contributed by atoms with Gasteiger partial charge in [0.05, 0.1) is 5.56 Å². The molecule has 0 spiro atoms. The van der Waals surface area contributed by atoms with E-state index in [0.717, 1.165) is 0 Å². The van der Waals surface area contributed by atoms with Crippen LogP contribution in [0.25, 0.3) is 0 Å². The minimum atomic E-state index is -1.08. The molecule has 1 aromatic rings. The number of thioether (sulfide) groups is 1. The molecular formula is C10H10N2O2S. The van der Waals surface area contributed by atoms with Crippen molar-refractivity contribution in [1.82, 2.24) is 4.98 Å². The predicted molar refractivity (Wildman–Crippen MR) is 56.9 cm³/mol. The van der Waals surface area contributed by atoms with E-state index in [0.29, 0.717) is 10.6 Å². The van der Waals surface area contributed by atoms with Crippen LogP contribution in [0.15, 0.2) is 17.2 Å².